The molecule has 0 rings (SSSR count). The van der Waals surface area contributed by atoms with Gasteiger partial charge in [0.05, 0.1) is 0 Å². The van der Waals surface area contributed by atoms with Crippen molar-refractivity contribution in [3.8, 4) is 0 Å². The summed E-state index contributed by atoms with van der Waals surface area (Å²) >= 11 is 0. The van der Waals surface area contributed by atoms with E-state index < -0.39 is 5.91 Å². The molecular formula is C25H51ClN4O6. The molecule has 0 bridgehead atoms. The van der Waals surface area contributed by atoms with E-state index in [0.717, 1.165) is 42.2 Å². The first-order valence-corrected chi connectivity index (χ1v) is 13.5. The maximum Gasteiger partial charge on any atom is 0.245 e. The van der Waals surface area contributed by atoms with Crippen LogP contribution in [0.4, 0.5) is 0 Å². The van der Waals surface area contributed by atoms with Crippen LogP contribution in [-0.2, 0) is 14.4 Å². The number of halogens is 1. The van der Waals surface area contributed by atoms with Crippen molar-refractivity contribution in [3.05, 3.63) is 0 Å². The van der Waals surface area contributed by atoms with E-state index in [1.807, 2.05) is 0 Å². The molecule has 0 spiro atoms. The Labute approximate surface area is 223 Å². The van der Waals surface area contributed by atoms with Gasteiger partial charge in [-0.1, -0.05) is 51.9 Å². The predicted molar refractivity (Wildman–Crippen MR) is 141 cm³/mol. The van der Waals surface area contributed by atoms with Crippen LogP contribution in [-0.4, -0.2) is 74.7 Å². The standard InChI is InChI=1S/C25H50N4O6.ClH/c1-2-3-4-5-6-7-9-16-23(30)28(34)21-14-11-18-25(32)29(35)22-15-10-17-24(31)27(33)20-13-8-12-19-26;/h33-35H,2-22,26H2,1H3;1H. The molecule has 0 aliphatic heterocycles. The van der Waals surface area contributed by atoms with Crippen LogP contribution in [0.3, 0.4) is 0 Å². The molecule has 0 saturated carbocycles. The second-order valence-corrected chi connectivity index (χ2v) is 9.19. The van der Waals surface area contributed by atoms with Crippen LogP contribution in [0.1, 0.15) is 116 Å². The van der Waals surface area contributed by atoms with Crippen LogP contribution < -0.4 is 5.73 Å². The molecule has 36 heavy (non-hydrogen) atoms. The number of unbranched alkanes of at least 4 members (excludes halogenated alkanes) is 10. The fraction of sp³-hybridized carbons (Fsp3) is 0.880. The Kier molecular flexibility index (Phi) is 25.7. The van der Waals surface area contributed by atoms with E-state index in [1.165, 1.54) is 25.7 Å². The van der Waals surface area contributed by atoms with Gasteiger partial charge in [0.25, 0.3) is 0 Å². The van der Waals surface area contributed by atoms with Crippen molar-refractivity contribution in [2.24, 2.45) is 5.73 Å². The molecular weight excluding hydrogens is 488 g/mol. The summed E-state index contributed by atoms with van der Waals surface area (Å²) in [6.45, 7) is 3.32. The number of rotatable bonds is 23. The number of amides is 3. The second-order valence-electron chi connectivity index (χ2n) is 9.19. The van der Waals surface area contributed by atoms with Gasteiger partial charge in [-0.25, -0.2) is 15.2 Å². The zero-order valence-electron chi connectivity index (χ0n) is 22.2. The number of hydrogen-bond donors (Lipinski definition) is 4. The smallest absolute Gasteiger partial charge is 0.245 e. The Morgan fingerprint density at radius 1 is 0.528 bits per heavy atom. The zero-order valence-corrected chi connectivity index (χ0v) is 23.1. The fourth-order valence-electron chi connectivity index (χ4n) is 3.65. The van der Waals surface area contributed by atoms with E-state index >= 15 is 0 Å². The molecule has 214 valence electrons. The Morgan fingerprint density at radius 2 is 0.833 bits per heavy atom. The summed E-state index contributed by atoms with van der Waals surface area (Å²) < 4.78 is 0. The second kappa shape index (κ2) is 25.2. The van der Waals surface area contributed by atoms with Gasteiger partial charge in [0, 0.05) is 38.9 Å². The molecule has 0 unspecified atom stereocenters. The molecule has 0 aliphatic rings. The maximum absolute atomic E-state index is 12.0. The summed E-state index contributed by atoms with van der Waals surface area (Å²) in [5.74, 6) is -1.09. The number of carbonyl (C=O) groups excluding carboxylic acids is 3. The third-order valence-electron chi connectivity index (χ3n) is 5.95. The molecule has 0 aromatic heterocycles. The van der Waals surface area contributed by atoms with Crippen LogP contribution in [0.25, 0.3) is 0 Å². The maximum atomic E-state index is 12.0. The normalized spacial score (nSPS) is 10.6. The summed E-state index contributed by atoms with van der Waals surface area (Å²) in [5, 5.41) is 31.5. The van der Waals surface area contributed by atoms with Gasteiger partial charge in [-0.05, 0) is 51.5 Å². The third-order valence-corrected chi connectivity index (χ3v) is 5.95. The number of carbonyl (C=O) groups is 3. The molecule has 11 heteroatoms. The molecule has 0 atom stereocenters. The number of nitrogens with two attached hydrogens (primary N) is 1. The summed E-state index contributed by atoms with van der Waals surface area (Å²) in [5.41, 5.74) is 5.40. The lowest BCUT2D eigenvalue weighted by atomic mass is 10.1. The first-order valence-electron chi connectivity index (χ1n) is 13.5. The van der Waals surface area contributed by atoms with Gasteiger partial charge in [-0.3, -0.25) is 30.0 Å². The van der Waals surface area contributed by atoms with Gasteiger partial charge >= 0.3 is 0 Å². The van der Waals surface area contributed by atoms with E-state index in [2.05, 4.69) is 6.92 Å². The minimum atomic E-state index is -0.432. The van der Waals surface area contributed by atoms with Crippen LogP contribution >= 0.6 is 12.4 Å². The van der Waals surface area contributed by atoms with Gasteiger partial charge in [0.15, 0.2) is 0 Å². The average molecular weight is 539 g/mol. The van der Waals surface area contributed by atoms with Crippen molar-refractivity contribution >= 4 is 30.1 Å². The van der Waals surface area contributed by atoms with Crippen molar-refractivity contribution in [3.63, 3.8) is 0 Å². The number of nitrogens with zero attached hydrogens (tertiary/aromatic N) is 3. The topological polar surface area (TPSA) is 148 Å². The highest BCUT2D eigenvalue weighted by molar-refractivity contribution is 5.85. The monoisotopic (exact) mass is 538 g/mol. The predicted octanol–water partition coefficient (Wildman–Crippen LogP) is 4.67. The molecule has 10 nitrogen and oxygen atoms in total. The Morgan fingerprint density at radius 3 is 1.22 bits per heavy atom. The summed E-state index contributed by atoms with van der Waals surface area (Å²) in [6.07, 6.45) is 12.6. The molecule has 0 radical (unpaired) electrons. The summed E-state index contributed by atoms with van der Waals surface area (Å²) in [7, 11) is 0. The highest BCUT2D eigenvalue weighted by atomic mass is 35.5. The Balaban J connectivity index is 0. The number of hydrogen-bond acceptors (Lipinski definition) is 7. The van der Waals surface area contributed by atoms with Gasteiger partial charge in [0.1, 0.15) is 0 Å². The first kappa shape index (κ1) is 36.7. The third kappa shape index (κ3) is 20.7. The summed E-state index contributed by atoms with van der Waals surface area (Å²) in [6, 6.07) is 0. The minimum absolute atomic E-state index is 0. The Bertz CT molecular complexity index is 571. The van der Waals surface area contributed by atoms with Crippen LogP contribution in [0.5, 0.6) is 0 Å². The molecule has 5 N–H and O–H groups in total. The van der Waals surface area contributed by atoms with E-state index in [0.29, 0.717) is 50.1 Å². The highest BCUT2D eigenvalue weighted by Gasteiger charge is 2.14. The van der Waals surface area contributed by atoms with E-state index in [-0.39, 0.29) is 56.7 Å². The highest BCUT2D eigenvalue weighted by Crippen LogP contribution is 2.10. The van der Waals surface area contributed by atoms with Gasteiger partial charge in [-0.2, -0.15) is 0 Å². The quantitative estimate of drug-likeness (QED) is 0.0838. The van der Waals surface area contributed by atoms with E-state index in [1.54, 1.807) is 0 Å². The zero-order chi connectivity index (χ0) is 26.3. The Hall–Kier alpha value is -1.46. The first-order chi connectivity index (χ1) is 16.8. The lowest BCUT2D eigenvalue weighted by Gasteiger charge is -2.17. The van der Waals surface area contributed by atoms with Crippen molar-refractivity contribution in [2.75, 3.05) is 26.2 Å². The molecule has 0 saturated heterocycles. The van der Waals surface area contributed by atoms with Gasteiger partial charge in [0.2, 0.25) is 17.7 Å². The van der Waals surface area contributed by atoms with Crippen LogP contribution in [0.15, 0.2) is 0 Å². The van der Waals surface area contributed by atoms with Crippen molar-refractivity contribution in [1.29, 1.82) is 0 Å². The molecule has 0 heterocycles. The lowest BCUT2D eigenvalue weighted by molar-refractivity contribution is -0.167. The molecule has 0 fully saturated rings. The van der Waals surface area contributed by atoms with Crippen LogP contribution in [0, 0.1) is 0 Å². The van der Waals surface area contributed by atoms with Crippen LogP contribution in [0.2, 0.25) is 0 Å². The van der Waals surface area contributed by atoms with Gasteiger partial charge in [-0.15, -0.1) is 12.4 Å². The lowest BCUT2D eigenvalue weighted by Crippen LogP contribution is -2.30. The van der Waals surface area contributed by atoms with Crippen molar-refractivity contribution in [2.45, 2.75) is 116 Å². The minimum Gasteiger partial charge on any atom is -0.330 e. The van der Waals surface area contributed by atoms with E-state index in [9.17, 15) is 30.0 Å². The molecule has 0 aromatic carbocycles. The molecule has 0 aromatic rings. The van der Waals surface area contributed by atoms with Crippen molar-refractivity contribution < 1.29 is 30.0 Å². The molecule has 0 aliphatic carbocycles. The van der Waals surface area contributed by atoms with Crippen molar-refractivity contribution in [1.82, 2.24) is 15.2 Å². The largest absolute Gasteiger partial charge is 0.330 e. The van der Waals surface area contributed by atoms with E-state index in [4.69, 9.17) is 5.73 Å². The summed E-state index contributed by atoms with van der Waals surface area (Å²) in [4.78, 5) is 35.8. The molecule has 3 amide bonds. The van der Waals surface area contributed by atoms with Gasteiger partial charge < -0.3 is 5.73 Å². The number of hydroxylamine groups is 6. The fourth-order valence-corrected chi connectivity index (χ4v) is 3.65. The average Bonchev–Trinajstić information content (AvgIpc) is 2.85. The SMILES string of the molecule is CCCCCCCCCC(=O)N(O)CCCCC(=O)N(O)CCCCC(=O)N(O)CCCCCN.Cl.